The number of hydrogen-bond donors (Lipinski definition) is 3. The molecule has 0 amide bonds. The van der Waals surface area contributed by atoms with Crippen molar-refractivity contribution in [1.29, 1.82) is 0 Å². The van der Waals surface area contributed by atoms with Gasteiger partial charge in [0.2, 0.25) is 0 Å². The second-order valence-electron chi connectivity index (χ2n) is 9.20. The molecule has 192 valence electrons. The molecule has 3 rings (SSSR count). The molecule has 35 heavy (non-hydrogen) atoms. The maximum Gasteiger partial charge on any atom is 0.133 e. The van der Waals surface area contributed by atoms with E-state index in [0.29, 0.717) is 11.5 Å². The zero-order chi connectivity index (χ0) is 25.6. The fourth-order valence-corrected chi connectivity index (χ4v) is 4.32. The average molecular weight is 571 g/mol. The molecule has 1 aliphatic heterocycles. The Labute approximate surface area is 219 Å². The summed E-state index contributed by atoms with van der Waals surface area (Å²) in [5.74, 6) is 1.43. The van der Waals surface area contributed by atoms with Gasteiger partial charge >= 0.3 is 0 Å². The molecule has 0 fully saturated rings. The SMILES string of the molecule is CC1C(CO)N=NN1C[C@@H](O)COc1ccc(C(C)(C)c2ccc(OC[C@@H](O)CCl)c(Br)c2)cc1. The molecule has 0 saturated carbocycles. The lowest BCUT2D eigenvalue weighted by atomic mass is 9.78. The maximum absolute atomic E-state index is 10.3. The van der Waals surface area contributed by atoms with E-state index in [-0.39, 0.29) is 49.7 Å². The van der Waals surface area contributed by atoms with E-state index >= 15 is 0 Å². The minimum atomic E-state index is -0.742. The summed E-state index contributed by atoms with van der Waals surface area (Å²) in [6.07, 6.45) is -1.46. The molecule has 0 aliphatic carbocycles. The van der Waals surface area contributed by atoms with Crippen LogP contribution in [-0.2, 0) is 5.41 Å². The largest absolute Gasteiger partial charge is 0.491 e. The summed E-state index contributed by atoms with van der Waals surface area (Å²) in [6.45, 7) is 6.66. The molecule has 1 heterocycles. The van der Waals surface area contributed by atoms with E-state index < -0.39 is 12.2 Å². The van der Waals surface area contributed by atoms with Crippen LogP contribution >= 0.6 is 27.5 Å². The molecule has 2 aromatic carbocycles. The van der Waals surface area contributed by atoms with Gasteiger partial charge in [0.05, 0.1) is 29.5 Å². The van der Waals surface area contributed by atoms with Gasteiger partial charge in [-0.15, -0.1) is 11.6 Å². The van der Waals surface area contributed by atoms with Gasteiger partial charge in [-0.1, -0.05) is 37.3 Å². The van der Waals surface area contributed by atoms with Crippen molar-refractivity contribution in [3.63, 3.8) is 0 Å². The summed E-state index contributed by atoms with van der Waals surface area (Å²) in [7, 11) is 0. The molecule has 2 unspecified atom stereocenters. The van der Waals surface area contributed by atoms with Crippen LogP contribution in [0.3, 0.4) is 0 Å². The molecule has 0 radical (unpaired) electrons. The van der Waals surface area contributed by atoms with Crippen LogP contribution in [0.2, 0.25) is 0 Å². The summed E-state index contributed by atoms with van der Waals surface area (Å²) in [5.41, 5.74) is 1.91. The topological polar surface area (TPSA) is 107 Å². The quantitative estimate of drug-likeness (QED) is 0.334. The Morgan fingerprint density at radius 3 is 2.31 bits per heavy atom. The fourth-order valence-electron chi connectivity index (χ4n) is 3.73. The van der Waals surface area contributed by atoms with Gasteiger partial charge in [-0.2, -0.15) is 5.11 Å². The zero-order valence-corrected chi connectivity index (χ0v) is 22.5. The number of aliphatic hydroxyl groups is 3. The highest BCUT2D eigenvalue weighted by molar-refractivity contribution is 9.10. The number of halogens is 2. The van der Waals surface area contributed by atoms with Gasteiger partial charge in [-0.25, -0.2) is 0 Å². The molecule has 8 nitrogen and oxygen atoms in total. The first kappa shape index (κ1) is 27.7. The smallest absolute Gasteiger partial charge is 0.133 e. The van der Waals surface area contributed by atoms with Crippen molar-refractivity contribution in [3.05, 3.63) is 58.1 Å². The van der Waals surface area contributed by atoms with E-state index in [4.69, 9.17) is 21.1 Å². The van der Waals surface area contributed by atoms with Gasteiger partial charge < -0.3 is 24.8 Å². The average Bonchev–Trinajstić information content (AvgIpc) is 3.20. The van der Waals surface area contributed by atoms with Gasteiger partial charge in [0.1, 0.15) is 43.0 Å². The number of hydrogen-bond acceptors (Lipinski definition) is 8. The third kappa shape index (κ3) is 7.07. The molecular weight excluding hydrogens is 538 g/mol. The molecule has 4 atom stereocenters. The Balaban J connectivity index is 1.57. The lowest BCUT2D eigenvalue weighted by molar-refractivity contribution is 0.0575. The van der Waals surface area contributed by atoms with E-state index in [0.717, 1.165) is 15.6 Å². The van der Waals surface area contributed by atoms with E-state index in [1.54, 1.807) is 5.01 Å². The molecule has 0 bridgehead atoms. The van der Waals surface area contributed by atoms with Gasteiger partial charge in [-0.05, 0) is 58.2 Å². The van der Waals surface area contributed by atoms with Crippen LogP contribution in [0, 0.1) is 0 Å². The van der Waals surface area contributed by atoms with E-state index in [1.807, 2.05) is 49.4 Å². The van der Waals surface area contributed by atoms with Crippen LogP contribution in [0.4, 0.5) is 0 Å². The predicted octanol–water partition coefficient (Wildman–Crippen LogP) is 3.93. The third-order valence-electron chi connectivity index (χ3n) is 6.21. The molecule has 3 N–H and O–H groups in total. The van der Waals surface area contributed by atoms with Crippen molar-refractivity contribution in [3.8, 4) is 11.5 Å². The van der Waals surface area contributed by atoms with Crippen LogP contribution in [-0.4, -0.2) is 76.9 Å². The van der Waals surface area contributed by atoms with Crippen LogP contribution in [0.5, 0.6) is 11.5 Å². The van der Waals surface area contributed by atoms with E-state index in [9.17, 15) is 15.3 Å². The Kier molecular flexibility index (Phi) is 9.77. The van der Waals surface area contributed by atoms with Gasteiger partial charge in [-0.3, -0.25) is 5.01 Å². The van der Waals surface area contributed by atoms with Gasteiger partial charge in [0.15, 0.2) is 0 Å². The first-order valence-electron chi connectivity index (χ1n) is 11.5. The first-order valence-corrected chi connectivity index (χ1v) is 12.8. The Bertz CT molecular complexity index is 992. The van der Waals surface area contributed by atoms with Crippen molar-refractivity contribution in [2.45, 2.75) is 50.5 Å². The normalized spacial score (nSPS) is 19.6. The van der Waals surface area contributed by atoms with Crippen molar-refractivity contribution in [1.82, 2.24) is 5.01 Å². The predicted molar refractivity (Wildman–Crippen MR) is 138 cm³/mol. The number of ether oxygens (including phenoxy) is 2. The van der Waals surface area contributed by atoms with Crippen molar-refractivity contribution < 1.29 is 24.8 Å². The number of nitrogens with zero attached hydrogens (tertiary/aromatic N) is 3. The maximum atomic E-state index is 10.3. The Hall–Kier alpha value is -1.91. The number of β-amino-alcohol motifs (C(OH)–C–C–N with tert-alkyl or cyclic N) is 1. The summed E-state index contributed by atoms with van der Waals surface area (Å²) in [5, 5.41) is 38.9. The first-order chi connectivity index (χ1) is 16.6. The Morgan fingerprint density at radius 1 is 1.06 bits per heavy atom. The van der Waals surface area contributed by atoms with Crippen molar-refractivity contribution >= 4 is 27.5 Å². The lowest BCUT2D eigenvalue weighted by Gasteiger charge is -2.27. The van der Waals surface area contributed by atoms with Crippen LogP contribution in [0.25, 0.3) is 0 Å². The molecule has 2 aromatic rings. The lowest BCUT2D eigenvalue weighted by Crippen LogP contribution is -2.40. The van der Waals surface area contributed by atoms with Crippen molar-refractivity contribution in [2.24, 2.45) is 10.3 Å². The number of alkyl halides is 1. The molecular formula is C25H33BrClN3O5. The number of aliphatic hydroxyl groups excluding tert-OH is 3. The minimum absolute atomic E-state index is 0.0611. The number of benzene rings is 2. The van der Waals surface area contributed by atoms with Crippen LogP contribution < -0.4 is 9.47 Å². The highest BCUT2D eigenvalue weighted by atomic mass is 79.9. The van der Waals surface area contributed by atoms with Crippen LogP contribution in [0.1, 0.15) is 31.9 Å². The third-order valence-corrected chi connectivity index (χ3v) is 7.18. The highest BCUT2D eigenvalue weighted by Gasteiger charge is 2.29. The number of rotatable bonds is 12. The molecule has 0 saturated heterocycles. The van der Waals surface area contributed by atoms with Crippen LogP contribution in [0.15, 0.2) is 57.3 Å². The fraction of sp³-hybridized carbons (Fsp3) is 0.520. The zero-order valence-electron chi connectivity index (χ0n) is 20.1. The minimum Gasteiger partial charge on any atom is -0.491 e. The second-order valence-corrected chi connectivity index (χ2v) is 10.4. The summed E-state index contributed by atoms with van der Waals surface area (Å²) in [6, 6.07) is 13.4. The summed E-state index contributed by atoms with van der Waals surface area (Å²) >= 11 is 9.19. The molecule has 10 heteroatoms. The van der Waals surface area contributed by atoms with E-state index in [2.05, 4.69) is 40.1 Å². The summed E-state index contributed by atoms with van der Waals surface area (Å²) < 4.78 is 12.2. The van der Waals surface area contributed by atoms with Crippen molar-refractivity contribution in [2.75, 3.05) is 32.2 Å². The second kappa shape index (κ2) is 12.4. The monoisotopic (exact) mass is 569 g/mol. The van der Waals surface area contributed by atoms with Gasteiger partial charge in [0.25, 0.3) is 0 Å². The highest BCUT2D eigenvalue weighted by Crippen LogP contribution is 2.36. The summed E-state index contributed by atoms with van der Waals surface area (Å²) in [4.78, 5) is 0. The van der Waals surface area contributed by atoms with E-state index in [1.165, 1.54) is 0 Å². The Morgan fingerprint density at radius 2 is 1.71 bits per heavy atom. The standard InChI is InChI=1S/C25H33BrClN3O5/c1-16-23(13-31)28-29-30(16)12-20(33)15-34-21-7-4-17(5-8-21)25(2,3)18-6-9-24(22(26)10-18)35-14-19(32)11-27/h4-10,16,19-20,23,31-33H,11-15H2,1-3H3/t16?,19-,20+,23?/m0/s1. The molecule has 0 spiro atoms. The van der Waals surface area contributed by atoms with Gasteiger partial charge in [0, 0.05) is 5.41 Å². The molecule has 1 aliphatic rings. The molecule has 0 aromatic heterocycles.